The van der Waals surface area contributed by atoms with Crippen molar-refractivity contribution in [1.82, 2.24) is 9.97 Å². The van der Waals surface area contributed by atoms with Crippen molar-refractivity contribution in [3.63, 3.8) is 0 Å². The van der Waals surface area contributed by atoms with Crippen LogP contribution in [0.3, 0.4) is 0 Å². The topological polar surface area (TPSA) is 122 Å². The van der Waals surface area contributed by atoms with E-state index in [1.807, 2.05) is 32.0 Å². The number of pyridine rings is 1. The number of H-pyrrole nitrogens is 1. The molecule has 168 valence electrons. The Morgan fingerprint density at radius 2 is 2.09 bits per heavy atom. The number of carbonyl (C=O) groups is 1. The summed E-state index contributed by atoms with van der Waals surface area (Å²) >= 11 is 1.51. The highest BCUT2D eigenvalue weighted by Crippen LogP contribution is 2.35. The Kier molecular flexibility index (Phi) is 6.00. The van der Waals surface area contributed by atoms with Gasteiger partial charge in [-0.05, 0) is 49.2 Å². The second-order valence-electron chi connectivity index (χ2n) is 7.75. The molecule has 0 fully saturated rings. The third kappa shape index (κ3) is 4.51. The van der Waals surface area contributed by atoms with Crippen molar-refractivity contribution in [3.8, 4) is 11.5 Å². The van der Waals surface area contributed by atoms with Crippen LogP contribution in [-0.2, 0) is 14.6 Å². The molecule has 10 heteroatoms. The van der Waals surface area contributed by atoms with Crippen LogP contribution >= 0.6 is 11.8 Å². The molecule has 0 aliphatic carbocycles. The quantitative estimate of drug-likeness (QED) is 0.531. The lowest BCUT2D eigenvalue weighted by Gasteiger charge is -2.15. The smallest absolute Gasteiger partial charge is 0.307 e. The normalized spacial score (nSPS) is 17.3. The minimum absolute atomic E-state index is 0.00638. The number of benzene rings is 1. The van der Waals surface area contributed by atoms with E-state index < -0.39 is 21.7 Å². The maximum absolute atomic E-state index is 11.6. The van der Waals surface area contributed by atoms with Crippen molar-refractivity contribution >= 4 is 43.5 Å². The molecule has 3 heterocycles. The zero-order valence-corrected chi connectivity index (χ0v) is 19.5. The standard InChI is InChI=1S/C22H23N3O5S2/c1-4-16(22(26)27)18-11-24-21(31-18)17-9-13-8-15(7-12(2)20(13)25-17)30-14-5-6-19(23-10-14)32(3,28)29/h5-10,16,18,25H,4,11H2,1-3H3,(H,26,27). The Bertz CT molecular complexity index is 1310. The third-order valence-corrected chi connectivity index (χ3v) is 7.69. The Morgan fingerprint density at radius 3 is 2.72 bits per heavy atom. The van der Waals surface area contributed by atoms with Crippen LogP contribution < -0.4 is 4.74 Å². The van der Waals surface area contributed by atoms with Gasteiger partial charge in [0.05, 0.1) is 24.4 Å². The number of ether oxygens (including phenoxy) is 1. The molecule has 0 saturated heterocycles. The molecular formula is C22H23N3O5S2. The number of hydrogen-bond acceptors (Lipinski definition) is 7. The summed E-state index contributed by atoms with van der Waals surface area (Å²) in [6.45, 7) is 4.34. The van der Waals surface area contributed by atoms with E-state index in [-0.39, 0.29) is 10.3 Å². The molecule has 8 nitrogen and oxygen atoms in total. The lowest BCUT2D eigenvalue weighted by Crippen LogP contribution is -2.26. The van der Waals surface area contributed by atoms with Gasteiger partial charge in [-0.2, -0.15) is 0 Å². The van der Waals surface area contributed by atoms with Crippen LogP contribution in [-0.4, -0.2) is 52.6 Å². The summed E-state index contributed by atoms with van der Waals surface area (Å²) in [6, 6.07) is 8.74. The van der Waals surface area contributed by atoms with Crippen LogP contribution in [0.1, 0.15) is 24.6 Å². The van der Waals surface area contributed by atoms with Gasteiger partial charge in [0.2, 0.25) is 0 Å². The number of aliphatic imine (C=N–C) groups is 1. The van der Waals surface area contributed by atoms with Crippen molar-refractivity contribution in [3.05, 3.63) is 47.8 Å². The number of carboxylic acids is 1. The van der Waals surface area contributed by atoms with E-state index in [0.29, 0.717) is 24.5 Å². The summed E-state index contributed by atoms with van der Waals surface area (Å²) < 4.78 is 29.0. The lowest BCUT2D eigenvalue weighted by atomic mass is 10.0. The monoisotopic (exact) mass is 473 g/mol. The number of aromatic nitrogens is 2. The summed E-state index contributed by atoms with van der Waals surface area (Å²) in [5.74, 6) is -0.167. The summed E-state index contributed by atoms with van der Waals surface area (Å²) in [7, 11) is -3.37. The van der Waals surface area contributed by atoms with E-state index in [9.17, 15) is 18.3 Å². The average Bonchev–Trinajstić information content (AvgIpc) is 3.35. The molecule has 0 saturated carbocycles. The van der Waals surface area contributed by atoms with E-state index in [0.717, 1.165) is 33.5 Å². The Balaban J connectivity index is 1.56. The van der Waals surface area contributed by atoms with Gasteiger partial charge < -0.3 is 14.8 Å². The number of nitrogens with one attached hydrogen (secondary N) is 1. The van der Waals surface area contributed by atoms with Crippen molar-refractivity contribution in [2.45, 2.75) is 30.5 Å². The molecule has 2 N–H and O–H groups in total. The second kappa shape index (κ2) is 8.59. The van der Waals surface area contributed by atoms with E-state index in [4.69, 9.17) is 4.74 Å². The highest BCUT2D eigenvalue weighted by molar-refractivity contribution is 8.15. The largest absolute Gasteiger partial charge is 0.481 e. The Morgan fingerprint density at radius 1 is 1.31 bits per heavy atom. The molecule has 4 rings (SSSR count). The number of sulfone groups is 1. The van der Waals surface area contributed by atoms with Crippen LogP contribution in [0, 0.1) is 12.8 Å². The van der Waals surface area contributed by atoms with Crippen LogP contribution in [0.15, 0.2) is 46.5 Å². The predicted octanol–water partition coefficient (Wildman–Crippen LogP) is 4.04. The number of rotatable bonds is 7. The maximum Gasteiger partial charge on any atom is 0.307 e. The highest BCUT2D eigenvalue weighted by Gasteiger charge is 2.32. The van der Waals surface area contributed by atoms with E-state index in [2.05, 4.69) is 15.0 Å². The molecule has 2 unspecified atom stereocenters. The lowest BCUT2D eigenvalue weighted by molar-refractivity contribution is -0.141. The highest BCUT2D eigenvalue weighted by atomic mass is 32.2. The van der Waals surface area contributed by atoms with Crippen molar-refractivity contribution in [2.75, 3.05) is 12.8 Å². The third-order valence-electron chi connectivity index (χ3n) is 5.34. The molecule has 2 aromatic heterocycles. The minimum Gasteiger partial charge on any atom is -0.481 e. The molecule has 0 amide bonds. The zero-order valence-electron chi connectivity index (χ0n) is 17.8. The average molecular weight is 474 g/mol. The molecule has 0 bridgehead atoms. The van der Waals surface area contributed by atoms with Crippen molar-refractivity contribution < 1.29 is 23.1 Å². The number of thioether (sulfide) groups is 1. The number of nitrogens with zero attached hydrogens (tertiary/aromatic N) is 2. The molecule has 2 atom stereocenters. The Hall–Kier alpha value is -2.85. The van der Waals surface area contributed by atoms with Gasteiger partial charge in [0.1, 0.15) is 16.5 Å². The molecule has 0 spiro atoms. The number of hydrogen-bond donors (Lipinski definition) is 2. The number of aromatic amines is 1. The summed E-state index contributed by atoms with van der Waals surface area (Å²) in [5, 5.41) is 11.1. The van der Waals surface area contributed by atoms with Crippen LogP contribution in [0.2, 0.25) is 0 Å². The SMILES string of the molecule is CCC(C(=O)O)C1CN=C(c2cc3cc(Oc4ccc(S(C)(=O)=O)nc4)cc(C)c3[nH]2)S1. The van der Waals surface area contributed by atoms with Gasteiger partial charge in [-0.25, -0.2) is 13.4 Å². The number of aryl methyl sites for hydroxylation is 1. The van der Waals surface area contributed by atoms with Gasteiger partial charge in [0.25, 0.3) is 0 Å². The first-order valence-electron chi connectivity index (χ1n) is 10.1. The molecule has 1 aliphatic heterocycles. The zero-order chi connectivity index (χ0) is 23.0. The summed E-state index contributed by atoms with van der Waals surface area (Å²) in [6.07, 6.45) is 3.06. The second-order valence-corrected chi connectivity index (χ2v) is 10.9. The predicted molar refractivity (Wildman–Crippen MR) is 125 cm³/mol. The molecule has 1 aromatic carbocycles. The first kappa shape index (κ1) is 22.3. The van der Waals surface area contributed by atoms with Crippen LogP contribution in [0.25, 0.3) is 10.9 Å². The first-order valence-corrected chi connectivity index (χ1v) is 12.8. The summed E-state index contributed by atoms with van der Waals surface area (Å²) in [4.78, 5) is 23.4. The minimum atomic E-state index is -3.37. The van der Waals surface area contributed by atoms with Gasteiger partial charge in [0, 0.05) is 22.4 Å². The fourth-order valence-electron chi connectivity index (χ4n) is 3.69. The molecule has 1 aliphatic rings. The van der Waals surface area contributed by atoms with E-state index in [1.165, 1.54) is 24.0 Å². The van der Waals surface area contributed by atoms with Crippen LogP contribution in [0.5, 0.6) is 11.5 Å². The maximum atomic E-state index is 11.6. The molecule has 0 radical (unpaired) electrons. The van der Waals surface area contributed by atoms with Gasteiger partial charge >= 0.3 is 5.97 Å². The fraction of sp³-hybridized carbons (Fsp3) is 0.318. The van der Waals surface area contributed by atoms with Gasteiger partial charge in [-0.3, -0.25) is 9.79 Å². The van der Waals surface area contributed by atoms with Crippen molar-refractivity contribution in [2.24, 2.45) is 10.9 Å². The van der Waals surface area contributed by atoms with Crippen LogP contribution in [0.4, 0.5) is 0 Å². The van der Waals surface area contributed by atoms with Gasteiger partial charge in [-0.15, -0.1) is 0 Å². The number of fused-ring (bicyclic) bond motifs is 1. The fourth-order valence-corrected chi connectivity index (χ4v) is 5.55. The van der Waals surface area contributed by atoms with E-state index >= 15 is 0 Å². The van der Waals surface area contributed by atoms with E-state index in [1.54, 1.807) is 6.07 Å². The first-order chi connectivity index (χ1) is 15.2. The molecular weight excluding hydrogens is 450 g/mol. The number of aliphatic carboxylic acids is 1. The number of carboxylic acid groups (broad SMARTS) is 1. The van der Waals surface area contributed by atoms with Gasteiger partial charge in [-0.1, -0.05) is 18.7 Å². The summed E-state index contributed by atoms with van der Waals surface area (Å²) in [5.41, 5.74) is 2.78. The Labute approximate surface area is 190 Å². The van der Waals surface area contributed by atoms with Gasteiger partial charge in [0.15, 0.2) is 14.9 Å². The van der Waals surface area contributed by atoms with Crippen molar-refractivity contribution in [1.29, 1.82) is 0 Å². The molecule has 32 heavy (non-hydrogen) atoms. The molecule has 3 aromatic rings.